The lowest BCUT2D eigenvalue weighted by atomic mass is 10.1. The van der Waals surface area contributed by atoms with E-state index in [9.17, 15) is 4.79 Å². The summed E-state index contributed by atoms with van der Waals surface area (Å²) in [7, 11) is 0. The average Bonchev–Trinajstić information content (AvgIpc) is 2.61. The van der Waals surface area contributed by atoms with Crippen LogP contribution < -0.4 is 0 Å². The molecule has 1 heterocycles. The van der Waals surface area contributed by atoms with Crippen molar-refractivity contribution in [2.75, 3.05) is 19.7 Å². The molecule has 1 aliphatic rings. The van der Waals surface area contributed by atoms with Crippen LogP contribution in [-0.4, -0.2) is 35.8 Å². The summed E-state index contributed by atoms with van der Waals surface area (Å²) in [5, 5.41) is 0.176. The molecule has 1 unspecified atom stereocenters. The second-order valence-corrected chi connectivity index (χ2v) is 7.39. The number of morpholine rings is 1. The van der Waals surface area contributed by atoms with Gasteiger partial charge in [0.25, 0.3) is 0 Å². The molecular weight excluding hydrogens is 318 g/mol. The van der Waals surface area contributed by atoms with Gasteiger partial charge in [0.2, 0.25) is 0 Å². The van der Waals surface area contributed by atoms with Crippen molar-refractivity contribution < 1.29 is 9.53 Å². The predicted molar refractivity (Wildman–Crippen MR) is 98.9 cm³/mol. The fourth-order valence-corrected chi connectivity index (χ4v) is 4.05. The smallest absolute Gasteiger partial charge is 0.186 e. The highest BCUT2D eigenvalue weighted by Crippen LogP contribution is 2.35. The minimum Gasteiger partial charge on any atom is -0.374 e. The number of hydrogen-bond donors (Lipinski definition) is 0. The Kier molecular flexibility index (Phi) is 6.07. The number of rotatable bonds is 5. The Morgan fingerprint density at radius 3 is 2.50 bits per heavy atom. The van der Waals surface area contributed by atoms with Crippen LogP contribution in [-0.2, 0) is 16.1 Å². The summed E-state index contributed by atoms with van der Waals surface area (Å²) >= 11 is 1.38. The normalized spacial score (nSPS) is 19.8. The van der Waals surface area contributed by atoms with Gasteiger partial charge in [0, 0.05) is 26.6 Å². The van der Waals surface area contributed by atoms with Crippen LogP contribution in [0.25, 0.3) is 0 Å². The van der Waals surface area contributed by atoms with Gasteiger partial charge in [-0.25, -0.2) is 0 Å². The molecule has 0 radical (unpaired) electrons. The van der Waals surface area contributed by atoms with E-state index in [1.165, 1.54) is 17.3 Å². The van der Waals surface area contributed by atoms with E-state index in [-0.39, 0.29) is 16.5 Å². The number of benzene rings is 2. The number of thioether (sulfide) groups is 1. The second kappa shape index (κ2) is 8.47. The Balaban J connectivity index is 1.72. The maximum atomic E-state index is 11.7. The number of carbonyl (C=O) groups is 1. The quantitative estimate of drug-likeness (QED) is 0.825. The van der Waals surface area contributed by atoms with Crippen molar-refractivity contribution in [3.63, 3.8) is 0 Å². The zero-order valence-corrected chi connectivity index (χ0v) is 14.7. The van der Waals surface area contributed by atoms with E-state index in [2.05, 4.69) is 41.3 Å². The molecule has 3 nitrogen and oxygen atoms in total. The Hall–Kier alpha value is -1.62. The fraction of sp³-hybridized carbons (Fsp3) is 0.350. The molecule has 1 aliphatic heterocycles. The molecular formula is C20H23NO2S. The summed E-state index contributed by atoms with van der Waals surface area (Å²) in [4.78, 5) is 14.2. The van der Waals surface area contributed by atoms with Gasteiger partial charge in [0.15, 0.2) is 5.12 Å². The van der Waals surface area contributed by atoms with Crippen LogP contribution in [0.5, 0.6) is 0 Å². The highest BCUT2D eigenvalue weighted by atomic mass is 32.2. The Morgan fingerprint density at radius 2 is 1.83 bits per heavy atom. The van der Waals surface area contributed by atoms with Gasteiger partial charge >= 0.3 is 0 Å². The second-order valence-electron chi connectivity index (χ2n) is 6.07. The van der Waals surface area contributed by atoms with Crippen LogP contribution in [0.1, 0.15) is 23.3 Å². The molecule has 3 rings (SSSR count). The van der Waals surface area contributed by atoms with Crippen LogP contribution >= 0.6 is 11.8 Å². The summed E-state index contributed by atoms with van der Waals surface area (Å²) in [6, 6.07) is 20.7. The molecule has 1 saturated heterocycles. The molecule has 0 bridgehead atoms. The average molecular weight is 341 g/mol. The number of ether oxygens (including phenoxy) is 1. The molecule has 1 fully saturated rings. The van der Waals surface area contributed by atoms with Crippen LogP contribution in [0.3, 0.4) is 0 Å². The van der Waals surface area contributed by atoms with Crippen LogP contribution in [0.15, 0.2) is 60.7 Å². The van der Waals surface area contributed by atoms with E-state index in [0.29, 0.717) is 6.61 Å². The van der Waals surface area contributed by atoms with Crippen molar-refractivity contribution in [1.82, 2.24) is 4.90 Å². The van der Waals surface area contributed by atoms with E-state index in [4.69, 9.17) is 4.74 Å². The number of hydrogen-bond acceptors (Lipinski definition) is 4. The third-order valence-corrected chi connectivity index (χ3v) is 5.35. The summed E-state index contributed by atoms with van der Waals surface area (Å²) in [6.07, 6.45) is 0.0266. The van der Waals surface area contributed by atoms with Crippen molar-refractivity contribution in [1.29, 1.82) is 0 Å². The first kappa shape index (κ1) is 17.2. The first-order valence-electron chi connectivity index (χ1n) is 8.32. The third kappa shape index (κ3) is 4.69. The number of nitrogens with zero attached hydrogens (tertiary/aromatic N) is 1. The van der Waals surface area contributed by atoms with Gasteiger partial charge in [-0.1, -0.05) is 72.4 Å². The van der Waals surface area contributed by atoms with E-state index in [1.54, 1.807) is 6.92 Å². The maximum Gasteiger partial charge on any atom is 0.186 e. The predicted octanol–water partition coefficient (Wildman–Crippen LogP) is 3.91. The van der Waals surface area contributed by atoms with Crippen LogP contribution in [0.2, 0.25) is 0 Å². The van der Waals surface area contributed by atoms with E-state index < -0.39 is 0 Å². The van der Waals surface area contributed by atoms with Gasteiger partial charge in [-0.2, -0.15) is 0 Å². The standard InChI is InChI=1S/C20H23NO2S/c1-16(22)24-20(18-10-6-3-7-11-18)19-15-21(12-13-23-19)14-17-8-4-2-5-9-17/h2-11,19-20H,12-15H2,1H3/t19-,20?/m0/s1. The molecule has 0 amide bonds. The number of carbonyl (C=O) groups excluding carboxylic acids is 1. The highest BCUT2D eigenvalue weighted by molar-refractivity contribution is 8.13. The van der Waals surface area contributed by atoms with E-state index in [0.717, 1.165) is 25.2 Å². The molecule has 0 aliphatic carbocycles. The SMILES string of the molecule is CC(=O)SC(c1ccccc1)[C@@H]1CN(Cc2ccccc2)CCO1. The summed E-state index contributed by atoms with van der Waals surface area (Å²) in [6.45, 7) is 5.03. The summed E-state index contributed by atoms with van der Waals surface area (Å²) in [5.41, 5.74) is 2.47. The first-order chi connectivity index (χ1) is 11.7. The van der Waals surface area contributed by atoms with Gasteiger partial charge in [0.05, 0.1) is 18.0 Å². The molecule has 0 aromatic heterocycles. The lowest BCUT2D eigenvalue weighted by Crippen LogP contribution is -2.44. The molecule has 0 spiro atoms. The largest absolute Gasteiger partial charge is 0.374 e. The lowest BCUT2D eigenvalue weighted by molar-refractivity contribution is -0.109. The van der Waals surface area contributed by atoms with Gasteiger partial charge < -0.3 is 4.74 Å². The van der Waals surface area contributed by atoms with Crippen molar-refractivity contribution in [3.8, 4) is 0 Å². The highest BCUT2D eigenvalue weighted by Gasteiger charge is 2.30. The fourth-order valence-electron chi connectivity index (χ4n) is 3.08. The molecule has 0 saturated carbocycles. The molecule has 2 aromatic carbocycles. The zero-order chi connectivity index (χ0) is 16.8. The van der Waals surface area contributed by atoms with Crippen molar-refractivity contribution in [3.05, 3.63) is 71.8 Å². The topological polar surface area (TPSA) is 29.5 Å². The first-order valence-corrected chi connectivity index (χ1v) is 9.20. The molecule has 0 N–H and O–H groups in total. The summed E-state index contributed by atoms with van der Waals surface area (Å²) in [5.74, 6) is 0. The Labute approximate surface area is 148 Å². The van der Waals surface area contributed by atoms with Gasteiger partial charge in [-0.05, 0) is 11.1 Å². The van der Waals surface area contributed by atoms with E-state index in [1.807, 2.05) is 24.3 Å². The monoisotopic (exact) mass is 341 g/mol. The van der Waals surface area contributed by atoms with Gasteiger partial charge in [-0.3, -0.25) is 9.69 Å². The van der Waals surface area contributed by atoms with Gasteiger partial charge in [0.1, 0.15) is 0 Å². The zero-order valence-electron chi connectivity index (χ0n) is 13.9. The van der Waals surface area contributed by atoms with Crippen LogP contribution in [0.4, 0.5) is 0 Å². The Morgan fingerprint density at radius 1 is 1.17 bits per heavy atom. The summed E-state index contributed by atoms with van der Waals surface area (Å²) < 4.78 is 6.05. The van der Waals surface area contributed by atoms with Gasteiger partial charge in [-0.15, -0.1) is 0 Å². The molecule has 126 valence electrons. The third-order valence-electron chi connectivity index (χ3n) is 4.19. The van der Waals surface area contributed by atoms with Crippen molar-refractivity contribution >= 4 is 16.9 Å². The molecule has 2 aromatic rings. The minimum absolute atomic E-state index is 0.0266. The van der Waals surface area contributed by atoms with Crippen LogP contribution in [0, 0.1) is 0 Å². The molecule has 2 atom stereocenters. The maximum absolute atomic E-state index is 11.7. The van der Waals surface area contributed by atoms with Crippen molar-refractivity contribution in [2.24, 2.45) is 0 Å². The van der Waals surface area contributed by atoms with E-state index >= 15 is 0 Å². The van der Waals surface area contributed by atoms with Crippen molar-refractivity contribution in [2.45, 2.75) is 24.8 Å². The Bertz CT molecular complexity index is 647. The lowest BCUT2D eigenvalue weighted by Gasteiger charge is -2.36. The molecule has 4 heteroatoms. The minimum atomic E-state index is 0.0266. The molecule has 24 heavy (non-hydrogen) atoms.